The summed E-state index contributed by atoms with van der Waals surface area (Å²) in [5, 5.41) is 1.38. The summed E-state index contributed by atoms with van der Waals surface area (Å²) in [6.45, 7) is 0. The van der Waals surface area contributed by atoms with Crippen molar-refractivity contribution in [3.63, 3.8) is 0 Å². The summed E-state index contributed by atoms with van der Waals surface area (Å²) in [6, 6.07) is 33.5. The van der Waals surface area contributed by atoms with Crippen molar-refractivity contribution in [2.24, 2.45) is 0 Å². The molecule has 0 aliphatic carbocycles. The quantitative estimate of drug-likeness (QED) is 0.216. The van der Waals surface area contributed by atoms with Gasteiger partial charge in [0.2, 0.25) is 5.78 Å². The van der Waals surface area contributed by atoms with Gasteiger partial charge in [0.05, 0.1) is 5.39 Å². The van der Waals surface area contributed by atoms with E-state index in [1.807, 2.05) is 91.0 Å². The molecule has 2 aromatic heterocycles. The minimum absolute atomic E-state index is 0.215. The smallest absolute Gasteiger partial charge is 0.336 e. The van der Waals surface area contributed by atoms with Crippen LogP contribution in [0.15, 0.2) is 123 Å². The first-order chi connectivity index (χ1) is 16.7. The maximum Gasteiger partial charge on any atom is 0.336 e. The highest BCUT2D eigenvalue weighted by Gasteiger charge is 2.26. The van der Waals surface area contributed by atoms with Crippen LogP contribution in [0.4, 0.5) is 0 Å². The molecule has 4 nitrogen and oxygen atoms in total. The van der Waals surface area contributed by atoms with Crippen molar-refractivity contribution in [2.45, 2.75) is 0 Å². The first-order valence-electron chi connectivity index (χ1n) is 10.9. The van der Waals surface area contributed by atoms with Crippen LogP contribution in [0, 0.1) is 0 Å². The van der Waals surface area contributed by atoms with Crippen molar-refractivity contribution in [3.05, 3.63) is 131 Å². The molecular formula is C30H18O4. The molecule has 0 aliphatic rings. The van der Waals surface area contributed by atoms with Crippen LogP contribution in [0.2, 0.25) is 0 Å². The predicted molar refractivity (Wildman–Crippen MR) is 133 cm³/mol. The van der Waals surface area contributed by atoms with Crippen molar-refractivity contribution in [2.75, 3.05) is 0 Å². The third-order valence-corrected chi connectivity index (χ3v) is 5.95. The number of ketones is 1. The van der Waals surface area contributed by atoms with Gasteiger partial charge < -0.3 is 8.83 Å². The maximum absolute atomic E-state index is 13.5. The van der Waals surface area contributed by atoms with Crippen LogP contribution < -0.4 is 5.63 Å². The highest BCUT2D eigenvalue weighted by Crippen LogP contribution is 2.41. The molecule has 0 saturated carbocycles. The van der Waals surface area contributed by atoms with Gasteiger partial charge in [-0.2, -0.15) is 0 Å². The van der Waals surface area contributed by atoms with E-state index in [0.29, 0.717) is 27.7 Å². The van der Waals surface area contributed by atoms with E-state index >= 15 is 0 Å². The van der Waals surface area contributed by atoms with Crippen molar-refractivity contribution in [1.29, 1.82) is 0 Å². The standard InChI is InChI=1S/C30H18O4/c31-25-18-23(19-10-4-1-5-11-19)22-16-17-24-27(29(22)34-25)26(20-12-6-2-7-13-20)30(33-24)28(32)21-14-8-3-9-15-21/h1-18H. The number of hydrogen-bond donors (Lipinski definition) is 0. The maximum atomic E-state index is 13.5. The Kier molecular flexibility index (Phi) is 4.70. The number of hydrogen-bond acceptors (Lipinski definition) is 4. The average molecular weight is 442 g/mol. The topological polar surface area (TPSA) is 60.4 Å². The zero-order valence-corrected chi connectivity index (χ0v) is 18.0. The first-order valence-corrected chi connectivity index (χ1v) is 10.9. The summed E-state index contributed by atoms with van der Waals surface area (Å²) in [6.07, 6.45) is 0. The fourth-order valence-corrected chi connectivity index (χ4v) is 4.42. The van der Waals surface area contributed by atoms with Gasteiger partial charge in [-0.25, -0.2) is 4.79 Å². The first kappa shape index (κ1) is 19.9. The minimum atomic E-state index is -0.463. The van der Waals surface area contributed by atoms with Crippen LogP contribution in [-0.2, 0) is 0 Å². The van der Waals surface area contributed by atoms with Crippen molar-refractivity contribution in [1.82, 2.24) is 0 Å². The van der Waals surface area contributed by atoms with Gasteiger partial charge in [-0.05, 0) is 28.8 Å². The molecule has 162 valence electrons. The van der Waals surface area contributed by atoms with E-state index in [1.54, 1.807) is 12.1 Å². The van der Waals surface area contributed by atoms with Crippen LogP contribution in [0.3, 0.4) is 0 Å². The molecule has 0 N–H and O–H groups in total. The minimum Gasteiger partial charge on any atom is -0.452 e. The molecule has 0 amide bonds. The fourth-order valence-electron chi connectivity index (χ4n) is 4.42. The van der Waals surface area contributed by atoms with E-state index in [1.165, 1.54) is 6.07 Å². The number of fused-ring (bicyclic) bond motifs is 3. The Balaban J connectivity index is 1.73. The zero-order chi connectivity index (χ0) is 23.1. The monoisotopic (exact) mass is 442 g/mol. The van der Waals surface area contributed by atoms with E-state index in [2.05, 4.69) is 0 Å². The SMILES string of the molecule is O=C(c1ccccc1)c1oc2ccc3c(-c4ccccc4)cc(=O)oc3c2c1-c1ccccc1. The summed E-state index contributed by atoms with van der Waals surface area (Å²) < 4.78 is 11.9. The lowest BCUT2D eigenvalue weighted by atomic mass is 9.95. The second-order valence-corrected chi connectivity index (χ2v) is 8.03. The van der Waals surface area contributed by atoms with Crippen LogP contribution >= 0.6 is 0 Å². The summed E-state index contributed by atoms with van der Waals surface area (Å²) in [7, 11) is 0. The largest absolute Gasteiger partial charge is 0.452 e. The molecule has 0 radical (unpaired) electrons. The molecule has 0 atom stereocenters. The average Bonchev–Trinajstić information content (AvgIpc) is 3.29. The Labute approximate surface area is 194 Å². The number of furan rings is 1. The lowest BCUT2D eigenvalue weighted by Crippen LogP contribution is -2.01. The van der Waals surface area contributed by atoms with Crippen molar-refractivity contribution in [3.8, 4) is 22.3 Å². The molecule has 0 unspecified atom stereocenters. The Morgan fingerprint density at radius 1 is 0.647 bits per heavy atom. The second-order valence-electron chi connectivity index (χ2n) is 8.03. The highest BCUT2D eigenvalue weighted by molar-refractivity contribution is 6.21. The number of benzene rings is 4. The van der Waals surface area contributed by atoms with Crippen LogP contribution in [0.1, 0.15) is 16.1 Å². The van der Waals surface area contributed by atoms with Gasteiger partial charge >= 0.3 is 5.63 Å². The number of carbonyl (C=O) groups is 1. The lowest BCUT2D eigenvalue weighted by molar-refractivity contribution is 0.101. The van der Waals surface area contributed by atoms with Gasteiger partial charge in [-0.15, -0.1) is 0 Å². The van der Waals surface area contributed by atoms with Gasteiger partial charge in [0.15, 0.2) is 11.3 Å². The summed E-state index contributed by atoms with van der Waals surface area (Å²) in [5.41, 5.74) is 4.04. The molecule has 4 heteroatoms. The van der Waals surface area contributed by atoms with Gasteiger partial charge in [0, 0.05) is 22.6 Å². The molecular weight excluding hydrogens is 424 g/mol. The Morgan fingerprint density at radius 2 is 1.26 bits per heavy atom. The molecule has 0 saturated heterocycles. The fraction of sp³-hybridized carbons (Fsp3) is 0. The van der Waals surface area contributed by atoms with Gasteiger partial charge in [0.25, 0.3) is 0 Å². The molecule has 6 aromatic rings. The van der Waals surface area contributed by atoms with E-state index in [4.69, 9.17) is 8.83 Å². The van der Waals surface area contributed by atoms with E-state index in [0.717, 1.165) is 22.1 Å². The summed E-state index contributed by atoms with van der Waals surface area (Å²) >= 11 is 0. The van der Waals surface area contributed by atoms with Crippen molar-refractivity contribution < 1.29 is 13.6 Å². The molecule has 34 heavy (non-hydrogen) atoms. The summed E-state index contributed by atoms with van der Waals surface area (Å²) in [5.74, 6) is -0.0157. The Hall–Kier alpha value is -4.70. The normalized spacial score (nSPS) is 11.2. The molecule has 4 aromatic carbocycles. The van der Waals surface area contributed by atoms with Gasteiger partial charge in [0.1, 0.15) is 5.58 Å². The molecule has 0 spiro atoms. The van der Waals surface area contributed by atoms with E-state index < -0.39 is 5.63 Å². The van der Waals surface area contributed by atoms with Gasteiger partial charge in [-0.3, -0.25) is 4.79 Å². The van der Waals surface area contributed by atoms with E-state index in [9.17, 15) is 9.59 Å². The Bertz CT molecular complexity index is 1710. The molecule has 0 aliphatic heterocycles. The molecule has 0 bridgehead atoms. The third-order valence-electron chi connectivity index (χ3n) is 5.95. The van der Waals surface area contributed by atoms with E-state index in [-0.39, 0.29) is 11.5 Å². The molecule has 2 heterocycles. The third kappa shape index (κ3) is 3.24. The van der Waals surface area contributed by atoms with Crippen LogP contribution in [0.5, 0.6) is 0 Å². The lowest BCUT2D eigenvalue weighted by Gasteiger charge is -2.08. The Morgan fingerprint density at radius 3 is 1.94 bits per heavy atom. The highest BCUT2D eigenvalue weighted by atomic mass is 16.4. The van der Waals surface area contributed by atoms with Crippen LogP contribution in [0.25, 0.3) is 44.2 Å². The number of carbonyl (C=O) groups excluding carboxylic acids is 1. The number of rotatable bonds is 4. The van der Waals surface area contributed by atoms with Gasteiger partial charge in [-0.1, -0.05) is 91.0 Å². The second kappa shape index (κ2) is 8.01. The van der Waals surface area contributed by atoms with Crippen molar-refractivity contribution >= 4 is 27.7 Å². The summed E-state index contributed by atoms with van der Waals surface area (Å²) in [4.78, 5) is 26.2. The molecule has 0 fully saturated rings. The molecule has 6 rings (SSSR count). The van der Waals surface area contributed by atoms with Crippen LogP contribution in [-0.4, -0.2) is 5.78 Å². The predicted octanol–water partition coefficient (Wildman–Crippen LogP) is 7.10. The zero-order valence-electron chi connectivity index (χ0n) is 18.0.